The van der Waals surface area contributed by atoms with Crippen LogP contribution >= 0.6 is 0 Å². The van der Waals surface area contributed by atoms with E-state index in [0.717, 1.165) is 16.9 Å². The summed E-state index contributed by atoms with van der Waals surface area (Å²) >= 11 is 0. The molecule has 6 heteroatoms. The molecule has 0 unspecified atom stereocenters. The highest BCUT2D eigenvalue weighted by Gasteiger charge is 2.21. The lowest BCUT2D eigenvalue weighted by molar-refractivity contribution is 0.0940. The molecule has 0 aromatic heterocycles. The van der Waals surface area contributed by atoms with Crippen LogP contribution in [-0.4, -0.2) is 33.8 Å². The molecule has 1 N–H and O–H groups in total. The third-order valence-corrected chi connectivity index (χ3v) is 4.89. The highest BCUT2D eigenvalue weighted by molar-refractivity contribution is 5.97. The molecule has 1 amide bonds. The second kappa shape index (κ2) is 10.4. The average Bonchev–Trinajstić information content (AvgIpc) is 2.82. The normalized spacial score (nSPS) is 11.4. The van der Waals surface area contributed by atoms with Gasteiger partial charge in [0.15, 0.2) is 11.5 Å². The molecule has 3 rings (SSSR count). The standard InChI is InChI=1S/C25H27NO5/c1-5-31-19-13-10-17(11-14-19)24(18-12-15-22(29-3)23(16-18)30-4)26-25(27)20-8-6-7-9-21(20)28-2/h6-16,24H,5H2,1-4H3,(H,26,27)/t24-/m0/s1. The minimum Gasteiger partial charge on any atom is -0.496 e. The number of carbonyl (C=O) groups is 1. The first kappa shape index (κ1) is 22.0. The molecule has 0 spiro atoms. The zero-order valence-corrected chi connectivity index (χ0v) is 18.2. The molecule has 0 bridgehead atoms. The first-order valence-electron chi connectivity index (χ1n) is 9.99. The Morgan fingerprint density at radius 1 is 0.806 bits per heavy atom. The van der Waals surface area contributed by atoms with Gasteiger partial charge in [0, 0.05) is 0 Å². The molecular weight excluding hydrogens is 394 g/mol. The van der Waals surface area contributed by atoms with E-state index in [-0.39, 0.29) is 5.91 Å². The Morgan fingerprint density at radius 3 is 2.10 bits per heavy atom. The van der Waals surface area contributed by atoms with Crippen LogP contribution < -0.4 is 24.3 Å². The van der Waals surface area contributed by atoms with Gasteiger partial charge in [-0.1, -0.05) is 30.3 Å². The van der Waals surface area contributed by atoms with Crippen LogP contribution in [0.25, 0.3) is 0 Å². The fraction of sp³-hybridized carbons (Fsp3) is 0.240. The first-order chi connectivity index (χ1) is 15.1. The maximum Gasteiger partial charge on any atom is 0.255 e. The van der Waals surface area contributed by atoms with Gasteiger partial charge in [-0.3, -0.25) is 4.79 Å². The molecule has 0 aliphatic rings. The van der Waals surface area contributed by atoms with E-state index in [1.165, 1.54) is 0 Å². The number of carbonyl (C=O) groups excluding carboxylic acids is 1. The Kier molecular flexibility index (Phi) is 7.38. The predicted molar refractivity (Wildman–Crippen MR) is 119 cm³/mol. The lowest BCUT2D eigenvalue weighted by atomic mass is 9.97. The van der Waals surface area contributed by atoms with E-state index >= 15 is 0 Å². The largest absolute Gasteiger partial charge is 0.496 e. The van der Waals surface area contributed by atoms with Gasteiger partial charge in [0.1, 0.15) is 11.5 Å². The van der Waals surface area contributed by atoms with Gasteiger partial charge in [-0.25, -0.2) is 0 Å². The molecule has 3 aromatic rings. The van der Waals surface area contributed by atoms with Gasteiger partial charge in [0.2, 0.25) is 0 Å². The highest BCUT2D eigenvalue weighted by Crippen LogP contribution is 2.33. The van der Waals surface area contributed by atoms with Crippen molar-refractivity contribution in [3.8, 4) is 23.0 Å². The molecule has 0 aliphatic heterocycles. The number of hydrogen-bond acceptors (Lipinski definition) is 5. The summed E-state index contributed by atoms with van der Waals surface area (Å²) in [5.74, 6) is 2.24. The van der Waals surface area contributed by atoms with Crippen LogP contribution in [-0.2, 0) is 0 Å². The van der Waals surface area contributed by atoms with Gasteiger partial charge in [0.25, 0.3) is 5.91 Å². The summed E-state index contributed by atoms with van der Waals surface area (Å²) in [7, 11) is 4.72. The van der Waals surface area contributed by atoms with Crippen molar-refractivity contribution in [2.45, 2.75) is 13.0 Å². The number of benzene rings is 3. The third-order valence-electron chi connectivity index (χ3n) is 4.89. The van der Waals surface area contributed by atoms with Gasteiger partial charge in [-0.2, -0.15) is 0 Å². The van der Waals surface area contributed by atoms with Crippen molar-refractivity contribution in [3.63, 3.8) is 0 Å². The minimum atomic E-state index is -0.423. The van der Waals surface area contributed by atoms with Crippen LogP contribution in [0.3, 0.4) is 0 Å². The Morgan fingerprint density at radius 2 is 1.45 bits per heavy atom. The lowest BCUT2D eigenvalue weighted by Crippen LogP contribution is -2.29. The first-order valence-corrected chi connectivity index (χ1v) is 9.99. The van der Waals surface area contributed by atoms with Crippen LogP contribution in [0.5, 0.6) is 23.0 Å². The molecule has 3 aromatic carbocycles. The Labute approximate surface area is 182 Å². The fourth-order valence-corrected chi connectivity index (χ4v) is 3.36. The number of amides is 1. The average molecular weight is 421 g/mol. The second-order valence-electron chi connectivity index (χ2n) is 6.72. The van der Waals surface area contributed by atoms with E-state index in [4.69, 9.17) is 18.9 Å². The van der Waals surface area contributed by atoms with Crippen LogP contribution in [0.15, 0.2) is 66.7 Å². The number of hydrogen-bond donors (Lipinski definition) is 1. The zero-order chi connectivity index (χ0) is 22.2. The maximum absolute atomic E-state index is 13.2. The van der Waals surface area contributed by atoms with Crippen molar-refractivity contribution < 1.29 is 23.7 Å². The van der Waals surface area contributed by atoms with Gasteiger partial charge in [0.05, 0.1) is 39.5 Å². The monoisotopic (exact) mass is 421 g/mol. The van der Waals surface area contributed by atoms with E-state index < -0.39 is 6.04 Å². The second-order valence-corrected chi connectivity index (χ2v) is 6.72. The molecule has 0 saturated carbocycles. The molecule has 0 fully saturated rings. The molecule has 0 heterocycles. The van der Waals surface area contributed by atoms with Crippen LogP contribution in [0.4, 0.5) is 0 Å². The summed E-state index contributed by atoms with van der Waals surface area (Å²) in [6, 6.07) is 20.0. The maximum atomic E-state index is 13.2. The Hall–Kier alpha value is -3.67. The summed E-state index contributed by atoms with van der Waals surface area (Å²) in [5, 5.41) is 3.12. The van der Waals surface area contributed by atoms with Crippen LogP contribution in [0.2, 0.25) is 0 Å². The number of rotatable bonds is 9. The Bertz CT molecular complexity index is 1020. The smallest absolute Gasteiger partial charge is 0.255 e. The van der Waals surface area contributed by atoms with Gasteiger partial charge in [-0.05, 0) is 54.4 Å². The van der Waals surface area contributed by atoms with Gasteiger partial charge in [-0.15, -0.1) is 0 Å². The minimum absolute atomic E-state index is 0.244. The molecule has 162 valence electrons. The highest BCUT2D eigenvalue weighted by atomic mass is 16.5. The number of ether oxygens (including phenoxy) is 4. The summed E-state index contributed by atoms with van der Waals surface area (Å²) in [6.45, 7) is 2.52. The molecule has 6 nitrogen and oxygen atoms in total. The van der Waals surface area contributed by atoms with Crippen molar-refractivity contribution in [1.29, 1.82) is 0 Å². The molecule has 1 atom stereocenters. The van der Waals surface area contributed by atoms with Crippen molar-refractivity contribution in [2.75, 3.05) is 27.9 Å². The van der Waals surface area contributed by atoms with E-state index in [0.29, 0.717) is 29.4 Å². The van der Waals surface area contributed by atoms with E-state index in [1.54, 1.807) is 39.5 Å². The van der Waals surface area contributed by atoms with Crippen LogP contribution in [0, 0.1) is 0 Å². The number of para-hydroxylation sites is 1. The van der Waals surface area contributed by atoms with E-state index in [1.807, 2.05) is 55.5 Å². The van der Waals surface area contributed by atoms with Gasteiger partial charge >= 0.3 is 0 Å². The molecule has 0 aliphatic carbocycles. The van der Waals surface area contributed by atoms with E-state index in [2.05, 4.69) is 5.32 Å². The third kappa shape index (κ3) is 5.09. The summed E-state index contributed by atoms with van der Waals surface area (Å²) in [4.78, 5) is 13.2. The summed E-state index contributed by atoms with van der Waals surface area (Å²) in [6.07, 6.45) is 0. The topological polar surface area (TPSA) is 66.0 Å². The molecular formula is C25H27NO5. The summed E-state index contributed by atoms with van der Waals surface area (Å²) in [5.41, 5.74) is 2.21. The zero-order valence-electron chi connectivity index (χ0n) is 18.2. The number of nitrogens with one attached hydrogen (secondary N) is 1. The van der Waals surface area contributed by atoms with Crippen LogP contribution in [0.1, 0.15) is 34.5 Å². The fourth-order valence-electron chi connectivity index (χ4n) is 3.36. The summed E-state index contributed by atoms with van der Waals surface area (Å²) < 4.78 is 21.7. The van der Waals surface area contributed by atoms with Crippen molar-refractivity contribution in [1.82, 2.24) is 5.32 Å². The molecule has 0 saturated heterocycles. The lowest BCUT2D eigenvalue weighted by Gasteiger charge is -2.22. The van der Waals surface area contributed by atoms with Crippen molar-refractivity contribution in [3.05, 3.63) is 83.4 Å². The van der Waals surface area contributed by atoms with E-state index in [9.17, 15) is 4.79 Å². The molecule has 31 heavy (non-hydrogen) atoms. The predicted octanol–water partition coefficient (Wildman–Crippen LogP) is 4.63. The SMILES string of the molecule is CCOc1ccc([C@H](NC(=O)c2ccccc2OC)c2ccc(OC)c(OC)c2)cc1. The quantitative estimate of drug-likeness (QED) is 0.546. The molecule has 0 radical (unpaired) electrons. The van der Waals surface area contributed by atoms with Crippen molar-refractivity contribution in [2.24, 2.45) is 0 Å². The van der Waals surface area contributed by atoms with Crippen molar-refractivity contribution >= 4 is 5.91 Å². The number of methoxy groups -OCH3 is 3. The van der Waals surface area contributed by atoms with Gasteiger partial charge < -0.3 is 24.3 Å². The Balaban J connectivity index is 2.01.